The van der Waals surface area contributed by atoms with Gasteiger partial charge >= 0.3 is 0 Å². The Balaban J connectivity index is 1.77. The van der Waals surface area contributed by atoms with Crippen molar-refractivity contribution in [1.29, 1.82) is 0 Å². The number of hydrogen-bond acceptors (Lipinski definition) is 4. The molecule has 158 valence electrons. The highest BCUT2D eigenvalue weighted by Crippen LogP contribution is 2.38. The van der Waals surface area contributed by atoms with Gasteiger partial charge < -0.3 is 4.43 Å². The predicted molar refractivity (Wildman–Crippen MR) is 121 cm³/mol. The van der Waals surface area contributed by atoms with Gasteiger partial charge in [-0.05, 0) is 40.6 Å². The van der Waals surface area contributed by atoms with Crippen molar-refractivity contribution in [3.05, 3.63) is 60.7 Å². The summed E-state index contributed by atoms with van der Waals surface area (Å²) in [5.74, 6) is 0.458. The molecule has 6 heteroatoms. The molecule has 0 aromatic heterocycles. The molecule has 1 aliphatic carbocycles. The van der Waals surface area contributed by atoms with Crippen molar-refractivity contribution in [3.8, 4) is 0 Å². The lowest BCUT2D eigenvalue weighted by Gasteiger charge is -2.43. The Kier molecular flexibility index (Phi) is 6.68. The van der Waals surface area contributed by atoms with Crippen molar-refractivity contribution in [2.45, 2.75) is 51.2 Å². The summed E-state index contributed by atoms with van der Waals surface area (Å²) in [6, 6.07) is 21.3. The van der Waals surface area contributed by atoms with Gasteiger partial charge in [0.25, 0.3) is 18.4 Å². The first-order chi connectivity index (χ1) is 13.6. The zero-order chi connectivity index (χ0) is 21.1. The first kappa shape index (κ1) is 22.2. The molecule has 0 aliphatic heterocycles. The average molecular weight is 433 g/mol. The van der Waals surface area contributed by atoms with Crippen LogP contribution in [0, 0.1) is 5.92 Å². The molecule has 1 fully saturated rings. The molecule has 0 radical (unpaired) electrons. The Morgan fingerprint density at radius 1 is 0.931 bits per heavy atom. The SMILES string of the molecule is CC(C)(C)[Si](OCCC1CC(OS(C)(=O)=O)C1)(c1ccccc1)c1ccccc1. The van der Waals surface area contributed by atoms with Gasteiger partial charge in [0.1, 0.15) is 0 Å². The van der Waals surface area contributed by atoms with Crippen LogP contribution >= 0.6 is 0 Å². The quantitative estimate of drug-likeness (QED) is 0.471. The fourth-order valence-electron chi connectivity index (χ4n) is 4.38. The van der Waals surface area contributed by atoms with Gasteiger partial charge in [0.15, 0.2) is 0 Å². The maximum absolute atomic E-state index is 11.3. The molecule has 2 aromatic rings. The van der Waals surface area contributed by atoms with E-state index < -0.39 is 18.4 Å². The first-order valence-electron chi connectivity index (χ1n) is 10.2. The number of benzene rings is 2. The van der Waals surface area contributed by atoms with E-state index in [-0.39, 0.29) is 11.1 Å². The topological polar surface area (TPSA) is 52.6 Å². The van der Waals surface area contributed by atoms with Gasteiger partial charge in [-0.25, -0.2) is 0 Å². The minimum Gasteiger partial charge on any atom is -0.407 e. The maximum atomic E-state index is 11.3. The molecule has 0 unspecified atom stereocenters. The van der Waals surface area contributed by atoms with Crippen molar-refractivity contribution in [2.75, 3.05) is 12.9 Å². The summed E-state index contributed by atoms with van der Waals surface area (Å²) in [5.41, 5.74) is 0. The van der Waals surface area contributed by atoms with Crippen LogP contribution in [0.1, 0.15) is 40.0 Å². The van der Waals surface area contributed by atoms with Crippen LogP contribution in [0.3, 0.4) is 0 Å². The van der Waals surface area contributed by atoms with Crippen LogP contribution < -0.4 is 10.4 Å². The van der Waals surface area contributed by atoms with Gasteiger partial charge in [0.2, 0.25) is 0 Å². The van der Waals surface area contributed by atoms with E-state index >= 15 is 0 Å². The highest BCUT2D eigenvalue weighted by atomic mass is 32.2. The molecule has 0 amide bonds. The molecule has 0 atom stereocenters. The van der Waals surface area contributed by atoms with Crippen molar-refractivity contribution in [3.63, 3.8) is 0 Å². The van der Waals surface area contributed by atoms with Crippen LogP contribution in [0.2, 0.25) is 5.04 Å². The smallest absolute Gasteiger partial charge is 0.264 e. The van der Waals surface area contributed by atoms with Crippen molar-refractivity contribution in [2.24, 2.45) is 5.92 Å². The maximum Gasteiger partial charge on any atom is 0.264 e. The Morgan fingerprint density at radius 3 is 1.83 bits per heavy atom. The zero-order valence-corrected chi connectivity index (χ0v) is 19.6. The molecule has 3 rings (SSSR count). The van der Waals surface area contributed by atoms with Gasteiger partial charge in [0, 0.05) is 6.61 Å². The van der Waals surface area contributed by atoms with Crippen molar-refractivity contribution < 1.29 is 17.0 Å². The lowest BCUT2D eigenvalue weighted by Crippen LogP contribution is -2.66. The Bertz CT molecular complexity index is 846. The predicted octanol–water partition coefficient (Wildman–Crippen LogP) is 3.71. The van der Waals surface area contributed by atoms with Gasteiger partial charge in [-0.1, -0.05) is 81.4 Å². The molecule has 0 bridgehead atoms. The molecular weight excluding hydrogens is 400 g/mol. The second kappa shape index (κ2) is 8.72. The van der Waals surface area contributed by atoms with E-state index in [1.54, 1.807) is 0 Å². The van der Waals surface area contributed by atoms with E-state index in [9.17, 15) is 8.42 Å². The largest absolute Gasteiger partial charge is 0.407 e. The van der Waals surface area contributed by atoms with E-state index in [4.69, 9.17) is 8.61 Å². The summed E-state index contributed by atoms with van der Waals surface area (Å²) in [6.07, 6.45) is 3.46. The number of hydrogen-bond donors (Lipinski definition) is 0. The van der Waals surface area contributed by atoms with Gasteiger partial charge in [-0.15, -0.1) is 0 Å². The monoisotopic (exact) mass is 432 g/mol. The fourth-order valence-corrected chi connectivity index (χ4v) is 9.61. The third kappa shape index (κ3) is 5.18. The molecule has 29 heavy (non-hydrogen) atoms. The third-order valence-corrected chi connectivity index (χ3v) is 11.4. The molecule has 4 nitrogen and oxygen atoms in total. The molecule has 0 spiro atoms. The molecule has 1 aliphatic rings. The van der Waals surface area contributed by atoms with Gasteiger partial charge in [0.05, 0.1) is 12.4 Å². The molecule has 0 N–H and O–H groups in total. The van der Waals surface area contributed by atoms with Gasteiger partial charge in [-0.3, -0.25) is 4.18 Å². The van der Waals surface area contributed by atoms with Crippen LogP contribution in [-0.4, -0.2) is 35.7 Å². The van der Waals surface area contributed by atoms with Crippen LogP contribution in [0.15, 0.2) is 60.7 Å². The van der Waals surface area contributed by atoms with Crippen LogP contribution in [0.5, 0.6) is 0 Å². The number of rotatable bonds is 8. The standard InChI is InChI=1S/C23H32O4SSi/c1-23(2,3)29(21-11-7-5-8-12-21,22-13-9-6-10-14-22)26-16-15-19-17-20(18-19)27-28(4,24)25/h5-14,19-20H,15-18H2,1-4H3. The Morgan fingerprint density at radius 2 is 1.41 bits per heavy atom. The van der Waals surface area contributed by atoms with E-state index in [2.05, 4.69) is 69.3 Å². The summed E-state index contributed by atoms with van der Waals surface area (Å²) in [7, 11) is -5.85. The zero-order valence-electron chi connectivity index (χ0n) is 17.8. The Labute approximate surface area is 176 Å². The van der Waals surface area contributed by atoms with Crippen molar-refractivity contribution >= 4 is 28.8 Å². The van der Waals surface area contributed by atoms with E-state index in [1.165, 1.54) is 10.4 Å². The van der Waals surface area contributed by atoms with Gasteiger partial charge in [-0.2, -0.15) is 8.42 Å². The molecule has 0 saturated heterocycles. The lowest BCUT2D eigenvalue weighted by molar-refractivity contribution is 0.0587. The fraction of sp³-hybridized carbons (Fsp3) is 0.478. The normalized spacial score (nSPS) is 20.3. The molecule has 2 aromatic carbocycles. The molecular formula is C23H32O4SSi. The highest BCUT2D eigenvalue weighted by Gasteiger charge is 2.50. The second-order valence-corrected chi connectivity index (χ2v) is 15.0. The third-order valence-electron chi connectivity index (χ3n) is 5.76. The minimum atomic E-state index is -3.37. The summed E-state index contributed by atoms with van der Waals surface area (Å²) >= 11 is 0. The average Bonchev–Trinajstić information content (AvgIpc) is 2.62. The lowest BCUT2D eigenvalue weighted by atomic mass is 9.80. The first-order valence-corrected chi connectivity index (χ1v) is 14.0. The Hall–Kier alpha value is -1.47. The van der Waals surface area contributed by atoms with Crippen LogP contribution in [-0.2, 0) is 18.7 Å². The summed E-state index contributed by atoms with van der Waals surface area (Å²) < 4.78 is 34.5. The van der Waals surface area contributed by atoms with Crippen molar-refractivity contribution in [1.82, 2.24) is 0 Å². The van der Waals surface area contributed by atoms with Crippen LogP contribution in [0.25, 0.3) is 0 Å². The second-order valence-electron chi connectivity index (χ2n) is 9.06. The molecule has 1 saturated carbocycles. The summed E-state index contributed by atoms with van der Waals surface area (Å²) in [4.78, 5) is 0. The summed E-state index contributed by atoms with van der Waals surface area (Å²) in [5, 5.41) is 2.54. The van der Waals surface area contributed by atoms with E-state index in [0.29, 0.717) is 12.5 Å². The highest BCUT2D eigenvalue weighted by molar-refractivity contribution is 7.86. The summed E-state index contributed by atoms with van der Waals surface area (Å²) in [6.45, 7) is 7.50. The van der Waals surface area contributed by atoms with E-state index in [0.717, 1.165) is 25.5 Å². The van der Waals surface area contributed by atoms with Crippen LogP contribution in [0.4, 0.5) is 0 Å². The van der Waals surface area contributed by atoms with E-state index in [1.807, 2.05) is 12.1 Å². The molecule has 0 heterocycles. The minimum absolute atomic E-state index is 0.0305.